The fraction of sp³-hybridized carbons (Fsp3) is 0.824. The lowest BCUT2D eigenvalue weighted by molar-refractivity contribution is -0.118. The fourth-order valence-electron chi connectivity index (χ4n) is 2.75. The Hall–Kier alpha value is -0.520. The van der Waals surface area contributed by atoms with Gasteiger partial charge in [-0.2, -0.15) is 12.6 Å². The average Bonchev–Trinajstić information content (AvgIpc) is 2.45. The lowest BCUT2D eigenvalue weighted by Gasteiger charge is -2.41. The minimum absolute atomic E-state index is 0.0203. The molecule has 0 radical (unpaired) electrons. The van der Waals surface area contributed by atoms with Gasteiger partial charge in [0.1, 0.15) is 0 Å². The van der Waals surface area contributed by atoms with E-state index in [2.05, 4.69) is 52.1 Å². The van der Waals surface area contributed by atoms with Crippen LogP contribution >= 0.6 is 12.6 Å². The molecule has 1 aliphatic rings. The number of rotatable bonds is 9. The van der Waals surface area contributed by atoms with Gasteiger partial charge in [0.15, 0.2) is 5.78 Å². The van der Waals surface area contributed by atoms with Crippen molar-refractivity contribution in [3.05, 3.63) is 11.3 Å². The first-order valence-electron chi connectivity index (χ1n) is 8.22. The van der Waals surface area contributed by atoms with E-state index < -0.39 is 0 Å². The number of Topliss-reactive ketones (excluding diaryl/α,β-unsaturated/α-hetero) is 1. The van der Waals surface area contributed by atoms with Crippen LogP contribution in [0.1, 0.15) is 34.6 Å². The third kappa shape index (κ3) is 4.74. The fourth-order valence-corrected chi connectivity index (χ4v) is 3.38. The number of carbonyl (C=O) groups is 1. The number of nitrogens with zero attached hydrogens (tertiary/aromatic N) is 2. The van der Waals surface area contributed by atoms with E-state index in [9.17, 15) is 4.79 Å². The second-order valence-electron chi connectivity index (χ2n) is 6.84. The number of hydrogen-bond acceptors (Lipinski definition) is 5. The van der Waals surface area contributed by atoms with Gasteiger partial charge in [-0.1, -0.05) is 34.6 Å². The van der Waals surface area contributed by atoms with Crippen LogP contribution in [-0.2, 0) is 9.53 Å². The summed E-state index contributed by atoms with van der Waals surface area (Å²) in [7, 11) is 1.96. The second-order valence-corrected chi connectivity index (χ2v) is 7.36. The maximum Gasteiger partial charge on any atom is 0.195 e. The van der Waals surface area contributed by atoms with Crippen molar-refractivity contribution in [2.24, 2.45) is 5.41 Å². The van der Waals surface area contributed by atoms with E-state index in [0.717, 1.165) is 44.1 Å². The van der Waals surface area contributed by atoms with Gasteiger partial charge in [-0.15, -0.1) is 0 Å². The highest BCUT2D eigenvalue weighted by Gasteiger charge is 2.43. The molecule has 0 N–H and O–H groups in total. The number of thiol groups is 1. The zero-order valence-corrected chi connectivity index (χ0v) is 15.9. The first-order chi connectivity index (χ1) is 10.2. The highest BCUT2D eigenvalue weighted by molar-refractivity contribution is 7.82. The molecule has 0 spiro atoms. The maximum atomic E-state index is 12.1. The first kappa shape index (κ1) is 19.5. The molecule has 5 heteroatoms. The summed E-state index contributed by atoms with van der Waals surface area (Å²) in [4.78, 5) is 16.5. The van der Waals surface area contributed by atoms with E-state index in [1.165, 1.54) is 0 Å². The molecule has 0 saturated heterocycles. The number of ketones is 1. The molecular weight excluding hydrogens is 296 g/mol. The summed E-state index contributed by atoms with van der Waals surface area (Å²) < 4.78 is 5.70. The predicted molar refractivity (Wildman–Crippen MR) is 95.5 cm³/mol. The molecule has 0 fully saturated rings. The molecule has 1 atom stereocenters. The Morgan fingerprint density at radius 1 is 1.14 bits per heavy atom. The van der Waals surface area contributed by atoms with Gasteiger partial charge in [-0.05, 0) is 24.1 Å². The zero-order valence-electron chi connectivity index (χ0n) is 15.0. The van der Waals surface area contributed by atoms with E-state index in [4.69, 9.17) is 4.74 Å². The molecule has 4 nitrogen and oxygen atoms in total. The van der Waals surface area contributed by atoms with Crippen molar-refractivity contribution in [2.75, 3.05) is 46.4 Å². The van der Waals surface area contributed by atoms with Crippen molar-refractivity contribution in [2.45, 2.75) is 39.9 Å². The van der Waals surface area contributed by atoms with E-state index >= 15 is 0 Å². The predicted octanol–water partition coefficient (Wildman–Crippen LogP) is 2.46. The highest BCUT2D eigenvalue weighted by atomic mass is 32.1. The second kappa shape index (κ2) is 8.37. The van der Waals surface area contributed by atoms with Crippen molar-refractivity contribution in [1.29, 1.82) is 0 Å². The van der Waals surface area contributed by atoms with Crippen molar-refractivity contribution in [1.82, 2.24) is 9.80 Å². The highest BCUT2D eigenvalue weighted by Crippen LogP contribution is 2.42. The summed E-state index contributed by atoms with van der Waals surface area (Å²) in [5, 5.41) is -0.235. The normalized spacial score (nSPS) is 18.9. The maximum absolute atomic E-state index is 12.1. The SMILES string of the molecule is CCN(CC)CCOCCN(C)C1=C(C(C)(C)C)C(S)C1=O. The Morgan fingerprint density at radius 2 is 1.68 bits per heavy atom. The lowest BCUT2D eigenvalue weighted by Crippen LogP contribution is -2.45. The molecule has 0 heterocycles. The Labute approximate surface area is 141 Å². The monoisotopic (exact) mass is 328 g/mol. The summed E-state index contributed by atoms with van der Waals surface area (Å²) >= 11 is 4.42. The smallest absolute Gasteiger partial charge is 0.195 e. The molecule has 0 bridgehead atoms. The van der Waals surface area contributed by atoms with E-state index in [1.54, 1.807) is 0 Å². The zero-order chi connectivity index (χ0) is 16.9. The van der Waals surface area contributed by atoms with Gasteiger partial charge < -0.3 is 14.5 Å². The largest absolute Gasteiger partial charge is 0.378 e. The van der Waals surface area contributed by atoms with Crippen LogP contribution in [0.5, 0.6) is 0 Å². The van der Waals surface area contributed by atoms with Crippen LogP contribution in [-0.4, -0.2) is 67.3 Å². The van der Waals surface area contributed by atoms with Gasteiger partial charge in [-0.25, -0.2) is 0 Å². The average molecular weight is 329 g/mol. The third-order valence-corrected chi connectivity index (χ3v) is 4.71. The molecular formula is C17H32N2O2S. The third-order valence-electron chi connectivity index (χ3n) is 4.22. The summed E-state index contributed by atoms with van der Waals surface area (Å²) in [5.74, 6) is 0.138. The van der Waals surface area contributed by atoms with Crippen LogP contribution in [0.3, 0.4) is 0 Å². The van der Waals surface area contributed by atoms with Crippen molar-refractivity contribution < 1.29 is 9.53 Å². The Bertz CT molecular complexity index is 411. The molecule has 1 aliphatic carbocycles. The molecule has 22 heavy (non-hydrogen) atoms. The van der Waals surface area contributed by atoms with Crippen molar-refractivity contribution in [3.8, 4) is 0 Å². The molecule has 128 valence electrons. The van der Waals surface area contributed by atoms with Gasteiger partial charge in [0, 0.05) is 20.1 Å². The molecule has 0 aromatic heterocycles. The molecule has 0 saturated carbocycles. The van der Waals surface area contributed by atoms with Gasteiger partial charge in [-0.3, -0.25) is 4.79 Å². The quantitative estimate of drug-likeness (QED) is 0.521. The summed E-state index contributed by atoms with van der Waals surface area (Å²) in [5.41, 5.74) is 1.96. The van der Waals surface area contributed by atoms with Crippen molar-refractivity contribution >= 4 is 18.4 Å². The Kier molecular flexibility index (Phi) is 7.42. The van der Waals surface area contributed by atoms with Crippen molar-refractivity contribution in [3.63, 3.8) is 0 Å². The summed E-state index contributed by atoms with van der Waals surface area (Å²) in [6.45, 7) is 15.9. The van der Waals surface area contributed by atoms with Crippen LogP contribution in [0.25, 0.3) is 0 Å². The van der Waals surface area contributed by atoms with Crippen LogP contribution in [0.2, 0.25) is 0 Å². The van der Waals surface area contributed by atoms with Crippen LogP contribution in [0.15, 0.2) is 11.3 Å². The van der Waals surface area contributed by atoms with Crippen LogP contribution in [0.4, 0.5) is 0 Å². The molecule has 1 rings (SSSR count). The molecule has 0 aliphatic heterocycles. The van der Waals surface area contributed by atoms with Gasteiger partial charge in [0.05, 0.1) is 24.2 Å². The number of likely N-dealkylation sites (N-methyl/N-ethyl adjacent to an activating group) is 2. The lowest BCUT2D eigenvalue weighted by atomic mass is 9.74. The minimum atomic E-state index is -0.235. The number of carbonyl (C=O) groups excluding carboxylic acids is 1. The summed E-state index contributed by atoms with van der Waals surface area (Å²) in [6.07, 6.45) is 0. The Balaban J connectivity index is 2.44. The standard InChI is InChI=1S/C17H32N2O2S/c1-7-19(8-2)10-12-21-11-9-18(6)14-13(17(3,4)5)16(22)15(14)20/h16,22H,7-12H2,1-6H3. The number of hydrogen-bond donors (Lipinski definition) is 1. The van der Waals surface area contributed by atoms with Crippen LogP contribution < -0.4 is 0 Å². The number of ether oxygens (including phenoxy) is 1. The van der Waals surface area contributed by atoms with E-state index in [1.807, 2.05) is 11.9 Å². The molecule has 0 aromatic rings. The topological polar surface area (TPSA) is 32.8 Å². The molecule has 1 unspecified atom stereocenters. The van der Waals surface area contributed by atoms with Gasteiger partial charge in [0.25, 0.3) is 0 Å². The number of allylic oxidation sites excluding steroid dienone is 1. The van der Waals surface area contributed by atoms with E-state index in [-0.39, 0.29) is 16.4 Å². The Morgan fingerprint density at radius 3 is 2.18 bits per heavy atom. The summed E-state index contributed by atoms with van der Waals surface area (Å²) in [6, 6.07) is 0. The van der Waals surface area contributed by atoms with Gasteiger partial charge >= 0.3 is 0 Å². The van der Waals surface area contributed by atoms with Crippen LogP contribution in [0, 0.1) is 5.41 Å². The molecule has 0 aromatic carbocycles. The van der Waals surface area contributed by atoms with E-state index in [0.29, 0.717) is 6.61 Å². The van der Waals surface area contributed by atoms with Gasteiger partial charge in [0.2, 0.25) is 0 Å². The molecule has 0 amide bonds. The first-order valence-corrected chi connectivity index (χ1v) is 8.73. The minimum Gasteiger partial charge on any atom is -0.378 e.